The van der Waals surface area contributed by atoms with Crippen LogP contribution in [0.3, 0.4) is 0 Å². The molecular formula is C36H37ClO8. The third-order valence-electron chi connectivity index (χ3n) is 7.42. The average Bonchev–Trinajstić information content (AvgIpc) is 3.09. The normalized spacial score (nSPS) is 22.1. The van der Waals surface area contributed by atoms with Crippen molar-refractivity contribution in [2.75, 3.05) is 14.2 Å². The predicted molar refractivity (Wildman–Crippen MR) is 168 cm³/mol. The highest BCUT2D eigenvalue weighted by molar-refractivity contribution is 6.30. The molecule has 0 bridgehead atoms. The lowest BCUT2D eigenvalue weighted by molar-refractivity contribution is -0.346. The van der Waals surface area contributed by atoms with Crippen molar-refractivity contribution in [1.29, 1.82) is 0 Å². The molecule has 1 heterocycles. The molecular weight excluding hydrogens is 596 g/mol. The molecule has 1 aliphatic heterocycles. The lowest BCUT2D eigenvalue weighted by atomic mass is 9.97. The van der Waals surface area contributed by atoms with Gasteiger partial charge in [-0.25, -0.2) is 4.79 Å². The van der Waals surface area contributed by atoms with Gasteiger partial charge in [-0.05, 0) is 41.0 Å². The third-order valence-corrected chi connectivity index (χ3v) is 7.67. The average molecular weight is 633 g/mol. The molecule has 0 N–H and O–H groups in total. The van der Waals surface area contributed by atoms with E-state index in [1.165, 1.54) is 14.2 Å². The Balaban J connectivity index is 1.46. The summed E-state index contributed by atoms with van der Waals surface area (Å²) in [4.78, 5) is 13.2. The van der Waals surface area contributed by atoms with Crippen molar-refractivity contribution in [1.82, 2.24) is 0 Å². The van der Waals surface area contributed by atoms with Crippen LogP contribution in [-0.4, -0.2) is 57.2 Å². The molecule has 1 fully saturated rings. The van der Waals surface area contributed by atoms with Crippen LogP contribution in [0.15, 0.2) is 115 Å². The quantitative estimate of drug-likeness (QED) is 0.114. The highest BCUT2D eigenvalue weighted by atomic mass is 35.5. The zero-order valence-electron chi connectivity index (χ0n) is 25.2. The number of carbonyl (C=O) groups excluding carboxylic acids is 1. The van der Waals surface area contributed by atoms with Crippen LogP contribution in [0.4, 0.5) is 0 Å². The van der Waals surface area contributed by atoms with Crippen LogP contribution < -0.4 is 0 Å². The van der Waals surface area contributed by atoms with Crippen LogP contribution in [-0.2, 0) is 53.0 Å². The first-order valence-corrected chi connectivity index (χ1v) is 15.1. The van der Waals surface area contributed by atoms with E-state index in [-0.39, 0.29) is 19.8 Å². The Morgan fingerprint density at radius 1 is 0.667 bits per heavy atom. The molecule has 0 aliphatic carbocycles. The molecule has 0 radical (unpaired) electrons. The van der Waals surface area contributed by atoms with Gasteiger partial charge in [0, 0.05) is 19.2 Å². The Labute approximate surface area is 268 Å². The number of methoxy groups -OCH3 is 2. The molecule has 9 heteroatoms. The zero-order chi connectivity index (χ0) is 31.4. The van der Waals surface area contributed by atoms with E-state index < -0.39 is 43.0 Å². The predicted octanol–water partition coefficient (Wildman–Crippen LogP) is 6.60. The molecule has 45 heavy (non-hydrogen) atoms. The van der Waals surface area contributed by atoms with Gasteiger partial charge in [0.15, 0.2) is 12.4 Å². The van der Waals surface area contributed by atoms with Crippen molar-refractivity contribution in [2.45, 2.75) is 56.8 Å². The van der Waals surface area contributed by atoms with Crippen LogP contribution in [0, 0.1) is 0 Å². The maximum Gasteiger partial charge on any atom is 0.340 e. The van der Waals surface area contributed by atoms with Gasteiger partial charge in [0.05, 0.1) is 25.4 Å². The standard InChI is InChI=1S/C36H37ClO8/c1-39-35-32(43-24-27-16-10-5-11-17-27)30(41-22-25-12-6-3-7-13-25)31(42-23-26-14-8-4-9-15-26)33(44-35)36(40-2)45-34(38)28-18-20-29(37)21-19-28/h3-21,30-33,35-36H,22-24H2,1-2H3/t30-,31-,32+,33-,35-,36?/m0/s1. The molecule has 8 nitrogen and oxygen atoms in total. The summed E-state index contributed by atoms with van der Waals surface area (Å²) in [5.74, 6) is -0.609. The van der Waals surface area contributed by atoms with Gasteiger partial charge >= 0.3 is 5.97 Å². The van der Waals surface area contributed by atoms with Gasteiger partial charge in [-0.15, -0.1) is 0 Å². The topological polar surface area (TPSA) is 81.7 Å². The summed E-state index contributed by atoms with van der Waals surface area (Å²) in [6, 6.07) is 35.8. The summed E-state index contributed by atoms with van der Waals surface area (Å²) in [6.07, 6.45) is -5.25. The molecule has 4 aromatic carbocycles. The van der Waals surface area contributed by atoms with E-state index in [1.54, 1.807) is 24.3 Å². The maximum absolute atomic E-state index is 13.2. The fourth-order valence-corrected chi connectivity index (χ4v) is 5.23. The molecule has 0 aromatic heterocycles. The molecule has 5 rings (SSSR count). The third kappa shape index (κ3) is 8.99. The molecule has 6 atom stereocenters. The molecule has 1 saturated heterocycles. The first-order valence-electron chi connectivity index (χ1n) is 14.7. The number of benzene rings is 4. The molecule has 4 aromatic rings. The Hall–Kier alpha value is -3.60. The fraction of sp³-hybridized carbons (Fsp3) is 0.306. The molecule has 1 unspecified atom stereocenters. The SMILES string of the molecule is COC(OC(=O)c1ccc(Cl)cc1)[C@H]1O[C@H](OC)[C@H](OCc2ccccc2)[C@@H](OCc2ccccc2)[C@@H]1OCc1ccccc1. The molecule has 236 valence electrons. The Morgan fingerprint density at radius 2 is 1.13 bits per heavy atom. The lowest BCUT2D eigenvalue weighted by Gasteiger charge is -2.46. The van der Waals surface area contributed by atoms with E-state index in [9.17, 15) is 4.79 Å². The van der Waals surface area contributed by atoms with Crippen molar-refractivity contribution in [3.05, 3.63) is 143 Å². The van der Waals surface area contributed by atoms with Crippen molar-refractivity contribution in [3.8, 4) is 0 Å². The first-order chi connectivity index (χ1) is 22.1. The summed E-state index contributed by atoms with van der Waals surface area (Å²) in [5.41, 5.74) is 3.20. The maximum atomic E-state index is 13.2. The van der Waals surface area contributed by atoms with Crippen LogP contribution in [0.1, 0.15) is 27.0 Å². The van der Waals surface area contributed by atoms with E-state index in [4.69, 9.17) is 44.8 Å². The van der Waals surface area contributed by atoms with Gasteiger partial charge in [-0.3, -0.25) is 0 Å². The monoisotopic (exact) mass is 632 g/mol. The smallest absolute Gasteiger partial charge is 0.340 e. The van der Waals surface area contributed by atoms with Gasteiger partial charge < -0.3 is 33.2 Å². The Kier molecular flexibility index (Phi) is 12.1. The summed E-state index contributed by atoms with van der Waals surface area (Å²) in [7, 11) is 2.97. The number of esters is 1. The second kappa shape index (κ2) is 16.6. The van der Waals surface area contributed by atoms with Gasteiger partial charge in [-0.1, -0.05) is 103 Å². The summed E-state index contributed by atoms with van der Waals surface area (Å²) >= 11 is 6.02. The molecule has 1 aliphatic rings. The van der Waals surface area contributed by atoms with E-state index in [0.717, 1.165) is 16.7 Å². The summed E-state index contributed by atoms with van der Waals surface area (Å²) in [6.45, 7) is 0.795. The number of ether oxygens (including phenoxy) is 7. The van der Waals surface area contributed by atoms with Crippen molar-refractivity contribution in [2.24, 2.45) is 0 Å². The van der Waals surface area contributed by atoms with Crippen molar-refractivity contribution >= 4 is 17.6 Å². The second-order valence-electron chi connectivity index (χ2n) is 10.5. The largest absolute Gasteiger partial charge is 0.429 e. The Morgan fingerprint density at radius 3 is 1.60 bits per heavy atom. The van der Waals surface area contributed by atoms with Gasteiger partial charge in [-0.2, -0.15) is 0 Å². The highest BCUT2D eigenvalue weighted by Crippen LogP contribution is 2.33. The van der Waals surface area contributed by atoms with Gasteiger partial charge in [0.2, 0.25) is 6.29 Å². The van der Waals surface area contributed by atoms with Gasteiger partial charge in [0.25, 0.3) is 0 Å². The minimum Gasteiger partial charge on any atom is -0.429 e. The number of carbonyl (C=O) groups is 1. The van der Waals surface area contributed by atoms with Crippen molar-refractivity contribution in [3.63, 3.8) is 0 Å². The molecule has 0 amide bonds. The van der Waals surface area contributed by atoms with E-state index in [1.807, 2.05) is 91.0 Å². The highest BCUT2D eigenvalue weighted by Gasteiger charge is 2.52. The van der Waals surface area contributed by atoms with E-state index in [0.29, 0.717) is 10.6 Å². The number of halogens is 1. The number of hydrogen-bond donors (Lipinski definition) is 0. The number of hydrogen-bond acceptors (Lipinski definition) is 8. The number of rotatable bonds is 14. The minimum atomic E-state index is -1.18. The zero-order valence-corrected chi connectivity index (χ0v) is 26.0. The summed E-state index contributed by atoms with van der Waals surface area (Å²) < 4.78 is 43.5. The molecule has 0 saturated carbocycles. The van der Waals surface area contributed by atoms with Crippen molar-refractivity contribution < 1.29 is 38.0 Å². The molecule has 0 spiro atoms. The summed E-state index contributed by atoms with van der Waals surface area (Å²) in [5, 5.41) is 0.503. The minimum absolute atomic E-state index is 0.237. The van der Waals surface area contributed by atoms with Gasteiger partial charge in [0.1, 0.15) is 18.3 Å². The van der Waals surface area contributed by atoms with Crippen LogP contribution >= 0.6 is 11.6 Å². The van der Waals surface area contributed by atoms with Crippen LogP contribution in [0.2, 0.25) is 5.02 Å². The van der Waals surface area contributed by atoms with E-state index >= 15 is 0 Å². The second-order valence-corrected chi connectivity index (χ2v) is 10.9. The first kappa shape index (κ1) is 32.8. The fourth-order valence-electron chi connectivity index (χ4n) is 5.11. The van der Waals surface area contributed by atoms with Crippen LogP contribution in [0.5, 0.6) is 0 Å². The Bertz CT molecular complexity index is 1440. The van der Waals surface area contributed by atoms with E-state index in [2.05, 4.69) is 0 Å². The van der Waals surface area contributed by atoms with Crippen LogP contribution in [0.25, 0.3) is 0 Å². The lowest BCUT2D eigenvalue weighted by Crippen LogP contribution is -2.64.